The van der Waals surface area contributed by atoms with Crippen molar-refractivity contribution in [3.8, 4) is 0 Å². The van der Waals surface area contributed by atoms with E-state index in [1.54, 1.807) is 36.2 Å². The molecule has 0 radical (unpaired) electrons. The molecule has 0 saturated heterocycles. The van der Waals surface area contributed by atoms with E-state index >= 15 is 0 Å². The molecule has 3 rings (SSSR count). The first-order valence-corrected chi connectivity index (χ1v) is 9.80. The van der Waals surface area contributed by atoms with Crippen LogP contribution >= 0.6 is 46.6 Å². The van der Waals surface area contributed by atoms with Crippen LogP contribution in [0.2, 0.25) is 15.1 Å². The molecule has 1 N–H and O–H groups in total. The summed E-state index contributed by atoms with van der Waals surface area (Å²) >= 11 is 19.5. The molecule has 2 amide bonds. The molecule has 1 atom stereocenters. The van der Waals surface area contributed by atoms with E-state index in [2.05, 4.69) is 5.32 Å². The van der Waals surface area contributed by atoms with Crippen molar-refractivity contribution in [2.24, 2.45) is 0 Å². The van der Waals surface area contributed by atoms with Crippen molar-refractivity contribution in [3.05, 3.63) is 57.0 Å². The van der Waals surface area contributed by atoms with Gasteiger partial charge in [-0.25, -0.2) is 0 Å². The number of benzene rings is 2. The number of carbonyl (C=O) groups is 2. The number of thioether (sulfide) groups is 1. The van der Waals surface area contributed by atoms with Crippen molar-refractivity contribution in [1.29, 1.82) is 0 Å². The van der Waals surface area contributed by atoms with Gasteiger partial charge in [-0.15, -0.1) is 11.8 Å². The van der Waals surface area contributed by atoms with Crippen LogP contribution in [0.3, 0.4) is 0 Å². The fourth-order valence-corrected chi connectivity index (χ4v) is 4.22. The molecule has 1 aliphatic rings. The second-order valence-corrected chi connectivity index (χ2v) is 8.37. The molecule has 4 nitrogen and oxygen atoms in total. The minimum atomic E-state index is -0.492. The standard InChI is InChI=1S/C18H15Cl3N2O2S/c1-23(9-10-3-2-4-12(20)17(10)21)16(24)8-15-18(25)22-13-7-11(19)5-6-14(13)26-15/h2-7,15H,8-9H2,1H3,(H,22,25). The first kappa shape index (κ1) is 19.4. The summed E-state index contributed by atoms with van der Waals surface area (Å²) in [6.07, 6.45) is 0.0905. The third-order valence-electron chi connectivity index (χ3n) is 3.99. The third kappa shape index (κ3) is 4.29. The highest BCUT2D eigenvalue weighted by atomic mass is 35.5. The fourth-order valence-electron chi connectivity index (χ4n) is 2.59. The number of carbonyl (C=O) groups excluding carboxylic acids is 2. The van der Waals surface area contributed by atoms with E-state index in [0.717, 1.165) is 10.5 Å². The molecule has 1 heterocycles. The second-order valence-electron chi connectivity index (χ2n) is 5.90. The molecule has 1 aliphatic heterocycles. The molecule has 0 bridgehead atoms. The fraction of sp³-hybridized carbons (Fsp3) is 0.222. The largest absolute Gasteiger partial charge is 0.341 e. The minimum absolute atomic E-state index is 0.0905. The molecular formula is C18H15Cl3N2O2S. The van der Waals surface area contributed by atoms with Gasteiger partial charge in [-0.05, 0) is 29.8 Å². The summed E-state index contributed by atoms with van der Waals surface area (Å²) in [5.74, 6) is -0.349. The van der Waals surface area contributed by atoms with Gasteiger partial charge < -0.3 is 10.2 Å². The molecule has 2 aromatic rings. The highest BCUT2D eigenvalue weighted by Crippen LogP contribution is 2.38. The van der Waals surface area contributed by atoms with Gasteiger partial charge in [0.05, 0.1) is 21.0 Å². The zero-order valence-electron chi connectivity index (χ0n) is 13.8. The van der Waals surface area contributed by atoms with Gasteiger partial charge in [-0.2, -0.15) is 0 Å². The predicted octanol–water partition coefficient (Wildman–Crippen LogP) is 5.11. The maximum Gasteiger partial charge on any atom is 0.238 e. The van der Waals surface area contributed by atoms with Gasteiger partial charge in [0.25, 0.3) is 0 Å². The van der Waals surface area contributed by atoms with Gasteiger partial charge in [-0.1, -0.05) is 46.9 Å². The van der Waals surface area contributed by atoms with Crippen molar-refractivity contribution in [3.63, 3.8) is 0 Å². The molecule has 136 valence electrons. The Morgan fingerprint density at radius 1 is 1.23 bits per heavy atom. The quantitative estimate of drug-likeness (QED) is 0.735. The van der Waals surface area contributed by atoms with Gasteiger partial charge in [0.15, 0.2) is 0 Å². The summed E-state index contributed by atoms with van der Waals surface area (Å²) in [5, 5.41) is 3.75. The number of fused-ring (bicyclic) bond motifs is 1. The number of amides is 2. The zero-order valence-corrected chi connectivity index (χ0v) is 16.8. The Kier molecular flexibility index (Phi) is 6.03. The van der Waals surface area contributed by atoms with E-state index in [-0.39, 0.29) is 18.2 Å². The van der Waals surface area contributed by atoms with Crippen LogP contribution in [-0.4, -0.2) is 29.0 Å². The molecule has 1 unspecified atom stereocenters. The lowest BCUT2D eigenvalue weighted by molar-refractivity contribution is -0.131. The second kappa shape index (κ2) is 8.09. The lowest BCUT2D eigenvalue weighted by atomic mass is 10.2. The number of anilines is 1. The molecule has 0 fully saturated rings. The Bertz CT molecular complexity index is 876. The van der Waals surface area contributed by atoms with Crippen LogP contribution in [0.5, 0.6) is 0 Å². The number of rotatable bonds is 4. The first-order valence-electron chi connectivity index (χ1n) is 7.79. The van der Waals surface area contributed by atoms with Crippen LogP contribution < -0.4 is 5.32 Å². The molecule has 0 aliphatic carbocycles. The molecule has 2 aromatic carbocycles. The molecular weight excluding hydrogens is 415 g/mol. The van der Waals surface area contributed by atoms with E-state index in [4.69, 9.17) is 34.8 Å². The number of hydrogen-bond donors (Lipinski definition) is 1. The SMILES string of the molecule is CN(Cc1cccc(Cl)c1Cl)C(=O)CC1Sc2ccc(Cl)cc2NC1=O. The molecule has 8 heteroatoms. The summed E-state index contributed by atoms with van der Waals surface area (Å²) in [5.41, 5.74) is 1.44. The van der Waals surface area contributed by atoms with Gasteiger partial charge in [-0.3, -0.25) is 9.59 Å². The van der Waals surface area contributed by atoms with Crippen LogP contribution in [0.25, 0.3) is 0 Å². The number of nitrogens with zero attached hydrogens (tertiary/aromatic N) is 1. The van der Waals surface area contributed by atoms with Crippen molar-refractivity contribution in [2.75, 3.05) is 12.4 Å². The molecule has 0 saturated carbocycles. The van der Waals surface area contributed by atoms with Gasteiger partial charge >= 0.3 is 0 Å². The molecule has 0 spiro atoms. The van der Waals surface area contributed by atoms with Crippen molar-refractivity contribution >= 4 is 64.1 Å². The monoisotopic (exact) mass is 428 g/mol. The Morgan fingerprint density at radius 2 is 2.00 bits per heavy atom. The average Bonchev–Trinajstić information content (AvgIpc) is 2.59. The highest BCUT2D eigenvalue weighted by molar-refractivity contribution is 8.01. The minimum Gasteiger partial charge on any atom is -0.341 e. The lowest BCUT2D eigenvalue weighted by Crippen LogP contribution is -2.35. The van der Waals surface area contributed by atoms with Crippen LogP contribution in [0.4, 0.5) is 5.69 Å². The first-order chi connectivity index (χ1) is 12.3. The zero-order chi connectivity index (χ0) is 18.8. The van der Waals surface area contributed by atoms with Crippen LogP contribution in [0, 0.1) is 0 Å². The Balaban J connectivity index is 1.66. The molecule has 26 heavy (non-hydrogen) atoms. The van der Waals surface area contributed by atoms with Crippen molar-refractivity contribution < 1.29 is 9.59 Å². The Hall–Kier alpha value is -1.40. The van der Waals surface area contributed by atoms with E-state index in [1.165, 1.54) is 11.8 Å². The highest BCUT2D eigenvalue weighted by Gasteiger charge is 2.30. The molecule has 0 aromatic heterocycles. The lowest BCUT2D eigenvalue weighted by Gasteiger charge is -2.26. The van der Waals surface area contributed by atoms with Crippen LogP contribution in [0.1, 0.15) is 12.0 Å². The van der Waals surface area contributed by atoms with Crippen LogP contribution in [0.15, 0.2) is 41.3 Å². The normalized spacial score (nSPS) is 16.0. The van der Waals surface area contributed by atoms with E-state index in [0.29, 0.717) is 27.3 Å². The number of nitrogens with one attached hydrogen (secondary N) is 1. The van der Waals surface area contributed by atoms with E-state index in [1.807, 2.05) is 12.1 Å². The smallest absolute Gasteiger partial charge is 0.238 e. The van der Waals surface area contributed by atoms with Crippen LogP contribution in [-0.2, 0) is 16.1 Å². The van der Waals surface area contributed by atoms with Gasteiger partial charge in [0, 0.05) is 29.9 Å². The Morgan fingerprint density at radius 3 is 2.77 bits per heavy atom. The average molecular weight is 430 g/mol. The van der Waals surface area contributed by atoms with Gasteiger partial charge in [0.2, 0.25) is 11.8 Å². The van der Waals surface area contributed by atoms with Crippen molar-refractivity contribution in [2.45, 2.75) is 23.1 Å². The summed E-state index contributed by atoms with van der Waals surface area (Å²) in [7, 11) is 1.68. The van der Waals surface area contributed by atoms with Gasteiger partial charge in [0.1, 0.15) is 0 Å². The number of halogens is 3. The third-order valence-corrected chi connectivity index (χ3v) is 6.35. The summed E-state index contributed by atoms with van der Waals surface area (Å²) in [6.45, 7) is 0.323. The Labute approximate surface area is 170 Å². The predicted molar refractivity (Wildman–Crippen MR) is 107 cm³/mol. The maximum atomic E-state index is 12.6. The van der Waals surface area contributed by atoms with Crippen molar-refractivity contribution in [1.82, 2.24) is 4.90 Å². The summed E-state index contributed by atoms with van der Waals surface area (Å²) in [6, 6.07) is 10.6. The van der Waals surface area contributed by atoms with E-state index in [9.17, 15) is 9.59 Å². The number of hydrogen-bond acceptors (Lipinski definition) is 3. The summed E-state index contributed by atoms with van der Waals surface area (Å²) in [4.78, 5) is 27.3. The van der Waals surface area contributed by atoms with E-state index < -0.39 is 5.25 Å². The summed E-state index contributed by atoms with van der Waals surface area (Å²) < 4.78 is 0. The maximum absolute atomic E-state index is 12.6. The topological polar surface area (TPSA) is 49.4 Å².